The van der Waals surface area contributed by atoms with Crippen molar-refractivity contribution in [3.05, 3.63) is 22.8 Å². The summed E-state index contributed by atoms with van der Waals surface area (Å²) in [5, 5.41) is 3.13. The van der Waals surface area contributed by atoms with E-state index in [1.165, 1.54) is 25.7 Å². The Kier molecular flexibility index (Phi) is 7.51. The molecule has 0 radical (unpaired) electrons. The molecule has 1 aliphatic heterocycles. The maximum atomic E-state index is 12.1. The number of hydrogen-bond donors (Lipinski definition) is 1. The lowest BCUT2D eigenvalue weighted by Crippen LogP contribution is -2.35. The average Bonchev–Trinajstić information content (AvgIpc) is 2.54. The third-order valence-electron chi connectivity index (χ3n) is 4.65. The zero-order valence-corrected chi connectivity index (χ0v) is 16.6. The van der Waals surface area contributed by atoms with Crippen LogP contribution in [-0.4, -0.2) is 55.6 Å². The molecule has 2 rings (SSSR count). The summed E-state index contributed by atoms with van der Waals surface area (Å²) < 4.78 is 0. The van der Waals surface area contributed by atoms with E-state index < -0.39 is 0 Å². The Morgan fingerprint density at radius 3 is 2.60 bits per heavy atom. The number of nitrogens with one attached hydrogen (secondary N) is 1. The van der Waals surface area contributed by atoms with Crippen molar-refractivity contribution in [2.24, 2.45) is 5.92 Å². The second-order valence-electron chi connectivity index (χ2n) is 7.51. The predicted molar refractivity (Wildman–Crippen MR) is 105 cm³/mol. The van der Waals surface area contributed by atoms with Gasteiger partial charge in [0.1, 0.15) is 11.0 Å². The molecule has 5 nitrogen and oxygen atoms in total. The molecule has 6 heteroatoms. The summed E-state index contributed by atoms with van der Waals surface area (Å²) in [4.78, 5) is 21.1. The molecule has 140 valence electrons. The Hall–Kier alpha value is -1.33. The van der Waals surface area contributed by atoms with Gasteiger partial charge in [0.05, 0.1) is 5.56 Å². The summed E-state index contributed by atoms with van der Waals surface area (Å²) in [6.45, 7) is 7.03. The van der Waals surface area contributed by atoms with Gasteiger partial charge >= 0.3 is 0 Å². The number of piperidine rings is 1. The van der Waals surface area contributed by atoms with Crippen molar-refractivity contribution in [2.75, 3.05) is 38.6 Å². The number of amides is 1. The number of aromatic nitrogens is 1. The normalized spacial score (nSPS) is 15.9. The summed E-state index contributed by atoms with van der Waals surface area (Å²) in [5.41, 5.74) is 0.442. The number of pyridine rings is 1. The van der Waals surface area contributed by atoms with Gasteiger partial charge in [0.15, 0.2) is 0 Å². The van der Waals surface area contributed by atoms with Crippen LogP contribution in [0.3, 0.4) is 0 Å². The van der Waals surface area contributed by atoms with Gasteiger partial charge in [-0.3, -0.25) is 4.79 Å². The lowest BCUT2D eigenvalue weighted by molar-refractivity contribution is 0.0943. The molecular weight excluding hydrogens is 336 g/mol. The van der Waals surface area contributed by atoms with Crippen molar-refractivity contribution in [1.82, 2.24) is 15.2 Å². The average molecular weight is 367 g/mol. The van der Waals surface area contributed by atoms with Crippen molar-refractivity contribution < 1.29 is 4.79 Å². The number of rotatable bonds is 7. The van der Waals surface area contributed by atoms with Gasteiger partial charge in [-0.05, 0) is 78.2 Å². The van der Waals surface area contributed by atoms with Gasteiger partial charge < -0.3 is 15.1 Å². The molecule has 1 amide bonds. The molecule has 1 aromatic heterocycles. The Labute approximate surface area is 156 Å². The van der Waals surface area contributed by atoms with Crippen molar-refractivity contribution in [3.8, 4) is 0 Å². The Morgan fingerprint density at radius 2 is 2.04 bits per heavy atom. The third-order valence-corrected chi connectivity index (χ3v) is 4.94. The molecule has 25 heavy (non-hydrogen) atoms. The molecule has 1 saturated heterocycles. The Bertz CT molecular complexity index is 569. The first-order chi connectivity index (χ1) is 11.9. The van der Waals surface area contributed by atoms with Crippen LogP contribution in [0.1, 0.15) is 49.9 Å². The molecular formula is C19H31ClN4O. The molecule has 1 aliphatic rings. The largest absolute Gasteiger partial charge is 0.357 e. The van der Waals surface area contributed by atoms with Crippen molar-refractivity contribution in [2.45, 2.75) is 45.6 Å². The second-order valence-corrected chi connectivity index (χ2v) is 7.87. The number of anilines is 1. The number of hydrogen-bond acceptors (Lipinski definition) is 4. The van der Waals surface area contributed by atoms with Crippen molar-refractivity contribution in [1.29, 1.82) is 0 Å². The van der Waals surface area contributed by atoms with Gasteiger partial charge in [0, 0.05) is 19.1 Å². The highest BCUT2D eigenvalue weighted by molar-refractivity contribution is 6.32. The van der Waals surface area contributed by atoms with E-state index in [4.69, 9.17) is 11.6 Å². The van der Waals surface area contributed by atoms with Crippen LogP contribution in [0, 0.1) is 5.92 Å². The Balaban J connectivity index is 1.89. The third kappa shape index (κ3) is 6.15. The maximum absolute atomic E-state index is 12.1. The van der Waals surface area contributed by atoms with Crippen LogP contribution in [0.15, 0.2) is 12.1 Å². The van der Waals surface area contributed by atoms with Crippen LogP contribution < -0.4 is 10.2 Å². The van der Waals surface area contributed by atoms with E-state index in [-0.39, 0.29) is 17.1 Å². The quantitative estimate of drug-likeness (QED) is 0.751. The fourth-order valence-electron chi connectivity index (χ4n) is 3.26. The van der Waals surface area contributed by atoms with Crippen LogP contribution in [0.2, 0.25) is 5.15 Å². The molecule has 0 unspecified atom stereocenters. The van der Waals surface area contributed by atoms with Crippen LogP contribution >= 0.6 is 11.6 Å². The standard InChI is InChI=1S/C19H31ClN4O/c1-14(2)21-19(25)16-7-8-17(22-18(16)20)24-12-9-15(10-13-24)6-5-11-23(3)4/h7-8,14-15H,5-6,9-13H2,1-4H3,(H,21,25). The van der Waals surface area contributed by atoms with E-state index >= 15 is 0 Å². The topological polar surface area (TPSA) is 48.5 Å². The van der Waals surface area contributed by atoms with Gasteiger partial charge in [-0.1, -0.05) is 11.6 Å². The molecule has 0 aromatic carbocycles. The van der Waals surface area contributed by atoms with E-state index in [1.807, 2.05) is 19.9 Å². The number of carbonyl (C=O) groups is 1. The van der Waals surface area contributed by atoms with E-state index in [1.54, 1.807) is 6.07 Å². The van der Waals surface area contributed by atoms with Gasteiger partial charge in [0.2, 0.25) is 0 Å². The lowest BCUT2D eigenvalue weighted by atomic mass is 9.92. The molecule has 1 fully saturated rings. The molecule has 1 aromatic rings. The van der Waals surface area contributed by atoms with E-state index in [9.17, 15) is 4.79 Å². The molecule has 1 N–H and O–H groups in total. The van der Waals surface area contributed by atoms with Gasteiger partial charge in [0.25, 0.3) is 5.91 Å². The molecule has 0 bridgehead atoms. The zero-order chi connectivity index (χ0) is 18.4. The van der Waals surface area contributed by atoms with Crippen LogP contribution in [-0.2, 0) is 0 Å². The van der Waals surface area contributed by atoms with E-state index in [0.717, 1.165) is 31.4 Å². The minimum absolute atomic E-state index is 0.0785. The Morgan fingerprint density at radius 1 is 1.36 bits per heavy atom. The summed E-state index contributed by atoms with van der Waals surface area (Å²) in [5.74, 6) is 1.51. The fourth-order valence-corrected chi connectivity index (χ4v) is 3.49. The molecule has 0 spiro atoms. The highest BCUT2D eigenvalue weighted by atomic mass is 35.5. The summed E-state index contributed by atoms with van der Waals surface area (Å²) in [6.07, 6.45) is 4.96. The maximum Gasteiger partial charge on any atom is 0.254 e. The second kappa shape index (κ2) is 9.39. The first kappa shape index (κ1) is 20.0. The van der Waals surface area contributed by atoms with Gasteiger partial charge in [-0.25, -0.2) is 4.98 Å². The summed E-state index contributed by atoms with van der Waals surface area (Å²) >= 11 is 6.25. The van der Waals surface area contributed by atoms with Crippen molar-refractivity contribution >= 4 is 23.3 Å². The summed E-state index contributed by atoms with van der Waals surface area (Å²) in [7, 11) is 4.26. The zero-order valence-electron chi connectivity index (χ0n) is 15.9. The fraction of sp³-hybridized carbons (Fsp3) is 0.684. The first-order valence-corrected chi connectivity index (χ1v) is 9.61. The molecule has 0 saturated carbocycles. The minimum atomic E-state index is -0.168. The molecule has 2 heterocycles. The molecule has 0 aliphatic carbocycles. The van der Waals surface area contributed by atoms with Crippen LogP contribution in [0.4, 0.5) is 5.82 Å². The first-order valence-electron chi connectivity index (χ1n) is 9.24. The van der Waals surface area contributed by atoms with E-state index in [2.05, 4.69) is 34.2 Å². The van der Waals surface area contributed by atoms with Crippen LogP contribution in [0.25, 0.3) is 0 Å². The van der Waals surface area contributed by atoms with E-state index in [0.29, 0.717) is 5.56 Å². The monoisotopic (exact) mass is 366 g/mol. The van der Waals surface area contributed by atoms with Gasteiger partial charge in [-0.2, -0.15) is 0 Å². The van der Waals surface area contributed by atoms with Crippen molar-refractivity contribution in [3.63, 3.8) is 0 Å². The predicted octanol–water partition coefficient (Wildman–Crippen LogP) is 3.43. The molecule has 0 atom stereocenters. The smallest absolute Gasteiger partial charge is 0.254 e. The number of carbonyl (C=O) groups excluding carboxylic acids is 1. The highest BCUT2D eigenvalue weighted by Gasteiger charge is 2.21. The lowest BCUT2D eigenvalue weighted by Gasteiger charge is -2.33. The SMILES string of the molecule is CC(C)NC(=O)c1ccc(N2CCC(CCCN(C)C)CC2)nc1Cl. The number of nitrogens with zero attached hydrogens (tertiary/aromatic N) is 3. The summed E-state index contributed by atoms with van der Waals surface area (Å²) in [6, 6.07) is 3.77. The van der Waals surface area contributed by atoms with Crippen LogP contribution in [0.5, 0.6) is 0 Å². The number of halogens is 1. The minimum Gasteiger partial charge on any atom is -0.357 e. The van der Waals surface area contributed by atoms with Gasteiger partial charge in [-0.15, -0.1) is 0 Å². The highest BCUT2D eigenvalue weighted by Crippen LogP contribution is 2.26.